The van der Waals surface area contributed by atoms with Crippen LogP contribution in [0, 0.1) is 0 Å². The number of hydrogen-bond acceptors (Lipinski definition) is 7. The molecule has 7 nitrogen and oxygen atoms in total. The van der Waals surface area contributed by atoms with Gasteiger partial charge in [-0.25, -0.2) is 4.98 Å². The summed E-state index contributed by atoms with van der Waals surface area (Å²) in [6.07, 6.45) is 4.68. The smallest absolute Gasteiger partial charge is 0.262 e. The second kappa shape index (κ2) is 6.31. The van der Waals surface area contributed by atoms with E-state index in [-0.39, 0.29) is 12.1 Å². The highest BCUT2D eigenvalue weighted by atomic mass is 32.1. The molecule has 3 aromatic heterocycles. The summed E-state index contributed by atoms with van der Waals surface area (Å²) in [6.45, 7) is 0.204. The van der Waals surface area contributed by atoms with Gasteiger partial charge < -0.3 is 9.15 Å². The predicted octanol–water partition coefficient (Wildman–Crippen LogP) is 3.05. The topological polar surface area (TPSA) is 83.0 Å². The second-order valence-electron chi connectivity index (χ2n) is 6.44. The van der Waals surface area contributed by atoms with Gasteiger partial charge in [-0.2, -0.15) is 0 Å². The SMILES string of the molecule is COc1ccc(-c2nnc(Cn3cnc4sc5c(c4c3=O)CCC5)o2)cc1. The summed E-state index contributed by atoms with van der Waals surface area (Å²) in [7, 11) is 1.62. The van der Waals surface area contributed by atoms with Gasteiger partial charge in [-0.3, -0.25) is 9.36 Å². The lowest BCUT2D eigenvalue weighted by molar-refractivity contribution is 0.415. The third-order valence-corrected chi connectivity index (χ3v) is 6.00. The lowest BCUT2D eigenvalue weighted by atomic mass is 10.2. The Morgan fingerprint density at radius 3 is 2.89 bits per heavy atom. The predicted molar refractivity (Wildman–Crippen MR) is 101 cm³/mol. The number of methoxy groups -OCH3 is 1. The molecule has 5 rings (SSSR count). The highest BCUT2D eigenvalue weighted by Crippen LogP contribution is 2.34. The normalized spacial score (nSPS) is 13.2. The maximum absolute atomic E-state index is 12.9. The van der Waals surface area contributed by atoms with Crippen LogP contribution in [0.3, 0.4) is 0 Å². The van der Waals surface area contributed by atoms with Gasteiger partial charge in [0.05, 0.1) is 18.8 Å². The lowest BCUT2D eigenvalue weighted by Gasteiger charge is -2.02. The Bertz CT molecular complexity index is 1190. The molecule has 0 saturated heterocycles. The minimum atomic E-state index is -0.0383. The van der Waals surface area contributed by atoms with Crippen molar-refractivity contribution >= 4 is 21.6 Å². The number of thiophene rings is 1. The van der Waals surface area contributed by atoms with Gasteiger partial charge in [0, 0.05) is 10.4 Å². The van der Waals surface area contributed by atoms with E-state index < -0.39 is 0 Å². The molecule has 1 aromatic carbocycles. The summed E-state index contributed by atoms with van der Waals surface area (Å²) in [5.74, 6) is 1.54. The van der Waals surface area contributed by atoms with Crippen LogP contribution in [0.5, 0.6) is 5.75 Å². The number of ether oxygens (including phenoxy) is 1. The van der Waals surface area contributed by atoms with Gasteiger partial charge in [0.15, 0.2) is 0 Å². The van der Waals surface area contributed by atoms with Gasteiger partial charge in [-0.1, -0.05) is 0 Å². The summed E-state index contributed by atoms with van der Waals surface area (Å²) < 4.78 is 12.4. The molecular weight excluding hydrogens is 364 g/mol. The maximum Gasteiger partial charge on any atom is 0.262 e. The van der Waals surface area contributed by atoms with Gasteiger partial charge in [-0.05, 0) is 49.1 Å². The zero-order chi connectivity index (χ0) is 18.4. The maximum atomic E-state index is 12.9. The van der Waals surface area contributed by atoms with Crippen molar-refractivity contribution in [1.29, 1.82) is 0 Å². The Labute approximate surface area is 158 Å². The number of hydrogen-bond donors (Lipinski definition) is 0. The first-order valence-corrected chi connectivity index (χ1v) is 9.51. The molecule has 0 saturated carbocycles. The van der Waals surface area contributed by atoms with E-state index in [0.717, 1.165) is 40.8 Å². The molecular formula is C19H16N4O3S. The number of aryl methyl sites for hydroxylation is 2. The summed E-state index contributed by atoms with van der Waals surface area (Å²) in [6, 6.07) is 7.37. The monoisotopic (exact) mass is 380 g/mol. The van der Waals surface area contributed by atoms with Crippen molar-refractivity contribution in [2.45, 2.75) is 25.8 Å². The Hall–Kier alpha value is -3.00. The zero-order valence-corrected chi connectivity index (χ0v) is 15.5. The van der Waals surface area contributed by atoms with Crippen molar-refractivity contribution in [3.8, 4) is 17.2 Å². The quantitative estimate of drug-likeness (QED) is 0.541. The van der Waals surface area contributed by atoms with Gasteiger partial charge in [0.25, 0.3) is 5.56 Å². The molecule has 1 aliphatic carbocycles. The van der Waals surface area contributed by atoms with Gasteiger partial charge in [0.2, 0.25) is 11.8 Å². The largest absolute Gasteiger partial charge is 0.497 e. The second-order valence-corrected chi connectivity index (χ2v) is 7.53. The fourth-order valence-electron chi connectivity index (χ4n) is 3.45. The van der Waals surface area contributed by atoms with Gasteiger partial charge in [-0.15, -0.1) is 21.5 Å². The third-order valence-electron chi connectivity index (χ3n) is 4.80. The van der Waals surface area contributed by atoms with Crippen molar-refractivity contribution in [2.24, 2.45) is 0 Å². The number of aromatic nitrogens is 4. The van der Waals surface area contributed by atoms with Crippen molar-refractivity contribution in [3.63, 3.8) is 0 Å². The van der Waals surface area contributed by atoms with Crippen LogP contribution in [-0.2, 0) is 19.4 Å². The molecule has 0 fully saturated rings. The van der Waals surface area contributed by atoms with Crippen LogP contribution in [0.4, 0.5) is 0 Å². The van der Waals surface area contributed by atoms with E-state index in [1.807, 2.05) is 24.3 Å². The van der Waals surface area contributed by atoms with Crippen LogP contribution < -0.4 is 10.3 Å². The van der Waals surface area contributed by atoms with Crippen LogP contribution in [-0.4, -0.2) is 26.9 Å². The summed E-state index contributed by atoms with van der Waals surface area (Å²) in [4.78, 5) is 19.5. The van der Waals surface area contributed by atoms with E-state index in [9.17, 15) is 4.79 Å². The van der Waals surface area contributed by atoms with Crippen molar-refractivity contribution in [1.82, 2.24) is 19.7 Å². The molecule has 4 aromatic rings. The van der Waals surface area contributed by atoms with E-state index in [1.54, 1.807) is 29.3 Å². The van der Waals surface area contributed by atoms with Gasteiger partial charge in [0.1, 0.15) is 17.1 Å². The molecule has 0 unspecified atom stereocenters. The molecule has 0 radical (unpaired) electrons. The van der Waals surface area contributed by atoms with E-state index >= 15 is 0 Å². The molecule has 0 amide bonds. The Morgan fingerprint density at radius 1 is 1.22 bits per heavy atom. The highest BCUT2D eigenvalue weighted by Gasteiger charge is 2.21. The first-order chi connectivity index (χ1) is 13.2. The molecule has 8 heteroatoms. The molecule has 0 spiro atoms. The van der Waals surface area contributed by atoms with Crippen molar-refractivity contribution < 1.29 is 9.15 Å². The van der Waals surface area contributed by atoms with Crippen LogP contribution in [0.25, 0.3) is 21.7 Å². The molecule has 136 valence electrons. The molecule has 0 bridgehead atoms. The van der Waals surface area contributed by atoms with Crippen LogP contribution in [0.2, 0.25) is 0 Å². The van der Waals surface area contributed by atoms with Crippen molar-refractivity contribution in [2.75, 3.05) is 7.11 Å². The lowest BCUT2D eigenvalue weighted by Crippen LogP contribution is -2.21. The fourth-order valence-corrected chi connectivity index (χ4v) is 4.67. The summed E-state index contributed by atoms with van der Waals surface area (Å²) in [5, 5.41) is 8.92. The van der Waals surface area contributed by atoms with Crippen LogP contribution in [0.1, 0.15) is 22.8 Å². The molecule has 0 N–H and O–H groups in total. The first-order valence-electron chi connectivity index (χ1n) is 8.69. The number of benzene rings is 1. The molecule has 27 heavy (non-hydrogen) atoms. The minimum absolute atomic E-state index is 0.0383. The first kappa shape index (κ1) is 16.2. The van der Waals surface area contributed by atoms with Gasteiger partial charge >= 0.3 is 0 Å². The highest BCUT2D eigenvalue weighted by molar-refractivity contribution is 7.18. The number of nitrogens with zero attached hydrogens (tertiary/aromatic N) is 4. The van der Waals surface area contributed by atoms with Crippen molar-refractivity contribution in [3.05, 3.63) is 57.3 Å². The Balaban J connectivity index is 1.46. The van der Waals surface area contributed by atoms with Crippen LogP contribution >= 0.6 is 11.3 Å². The minimum Gasteiger partial charge on any atom is -0.497 e. The molecule has 3 heterocycles. The van der Waals surface area contributed by atoms with E-state index in [2.05, 4.69) is 15.2 Å². The average molecular weight is 380 g/mol. The third kappa shape index (κ3) is 2.73. The number of fused-ring (bicyclic) bond motifs is 3. The zero-order valence-electron chi connectivity index (χ0n) is 14.6. The molecule has 0 aliphatic heterocycles. The van der Waals surface area contributed by atoms with E-state index in [4.69, 9.17) is 9.15 Å². The summed E-state index contributed by atoms with van der Waals surface area (Å²) >= 11 is 1.63. The average Bonchev–Trinajstić information content (AvgIpc) is 3.40. The Kier molecular flexibility index (Phi) is 3.78. The van der Waals surface area contributed by atoms with E-state index in [1.165, 1.54) is 10.4 Å². The van der Waals surface area contributed by atoms with Crippen LogP contribution in [0.15, 0.2) is 39.8 Å². The summed E-state index contributed by atoms with van der Waals surface area (Å²) in [5.41, 5.74) is 1.93. The number of rotatable bonds is 4. The fraction of sp³-hybridized carbons (Fsp3) is 0.263. The Morgan fingerprint density at radius 2 is 2.07 bits per heavy atom. The molecule has 0 atom stereocenters. The van der Waals surface area contributed by atoms with E-state index in [0.29, 0.717) is 11.8 Å². The standard InChI is InChI=1S/C19H16N4O3S/c1-25-12-7-5-11(6-8-12)17-22-21-15(26-17)9-23-10-20-18-16(19(23)24)13-3-2-4-14(13)27-18/h5-8,10H,2-4,9H2,1H3. The molecule has 1 aliphatic rings.